The monoisotopic (exact) mass is 505 g/mol. The first-order valence-electron chi connectivity index (χ1n) is 12.1. The molecule has 0 aliphatic heterocycles. The Hall–Kier alpha value is -5.05. The highest BCUT2D eigenvalue weighted by molar-refractivity contribution is 5.80. The molecule has 0 N–H and O–H groups in total. The summed E-state index contributed by atoms with van der Waals surface area (Å²) in [5, 5.41) is 8.88. The van der Waals surface area contributed by atoms with Crippen molar-refractivity contribution in [3.63, 3.8) is 0 Å². The van der Waals surface area contributed by atoms with Crippen molar-refractivity contribution in [1.29, 1.82) is 0 Å². The van der Waals surface area contributed by atoms with E-state index in [9.17, 15) is 4.79 Å². The van der Waals surface area contributed by atoms with Gasteiger partial charge in [-0.25, -0.2) is 0 Å². The molecule has 3 heterocycles. The molecule has 6 aromatic rings. The highest BCUT2D eigenvalue weighted by Crippen LogP contribution is 2.24. The lowest BCUT2D eigenvalue weighted by molar-refractivity contribution is 0.306. The summed E-state index contributed by atoms with van der Waals surface area (Å²) >= 11 is 0. The maximum absolute atomic E-state index is 12.8. The number of benzene rings is 3. The van der Waals surface area contributed by atoms with Crippen LogP contribution in [0.25, 0.3) is 33.7 Å². The third kappa shape index (κ3) is 4.81. The van der Waals surface area contributed by atoms with Crippen LogP contribution in [0.5, 0.6) is 5.75 Å². The van der Waals surface area contributed by atoms with Crippen LogP contribution in [-0.2, 0) is 13.2 Å². The van der Waals surface area contributed by atoms with Crippen molar-refractivity contribution < 1.29 is 13.8 Å². The molecule has 0 saturated carbocycles. The molecule has 0 saturated heterocycles. The van der Waals surface area contributed by atoms with Crippen molar-refractivity contribution >= 4 is 10.9 Å². The van der Waals surface area contributed by atoms with E-state index in [2.05, 4.69) is 20.3 Å². The van der Waals surface area contributed by atoms with Crippen LogP contribution >= 0.6 is 0 Å². The molecule has 3 aromatic heterocycles. The Morgan fingerprint density at radius 2 is 1.42 bits per heavy atom. The van der Waals surface area contributed by atoms with Crippen molar-refractivity contribution in [2.24, 2.45) is 0 Å². The summed E-state index contributed by atoms with van der Waals surface area (Å²) in [7, 11) is 0. The van der Waals surface area contributed by atoms with Crippen molar-refractivity contribution in [1.82, 2.24) is 24.8 Å². The molecule has 0 atom stereocenters. The molecule has 3 aromatic carbocycles. The van der Waals surface area contributed by atoms with E-state index >= 15 is 0 Å². The van der Waals surface area contributed by atoms with Gasteiger partial charge in [0.1, 0.15) is 12.4 Å². The van der Waals surface area contributed by atoms with Gasteiger partial charge in [-0.2, -0.15) is 9.97 Å². The molecule has 9 nitrogen and oxygen atoms in total. The molecular weight excluding hydrogens is 482 g/mol. The van der Waals surface area contributed by atoms with Crippen LogP contribution in [0.3, 0.4) is 0 Å². The fraction of sp³-hybridized carbons (Fsp3) is 0.138. The number of aromatic nitrogens is 5. The van der Waals surface area contributed by atoms with Crippen LogP contribution in [0, 0.1) is 13.8 Å². The second kappa shape index (κ2) is 9.78. The van der Waals surface area contributed by atoms with Crippen LogP contribution in [0.2, 0.25) is 0 Å². The van der Waals surface area contributed by atoms with E-state index < -0.39 is 0 Å². The van der Waals surface area contributed by atoms with E-state index in [-0.39, 0.29) is 5.56 Å². The average Bonchev–Trinajstić information content (AvgIpc) is 3.57. The predicted octanol–water partition coefficient (Wildman–Crippen LogP) is 5.35. The Bertz CT molecular complexity index is 1820. The van der Waals surface area contributed by atoms with Crippen molar-refractivity contribution in [3.8, 4) is 28.5 Å². The summed E-state index contributed by atoms with van der Waals surface area (Å²) in [4.78, 5) is 21.4. The number of pyridine rings is 1. The lowest BCUT2D eigenvalue weighted by Crippen LogP contribution is -2.19. The van der Waals surface area contributed by atoms with Gasteiger partial charge in [0.05, 0.1) is 12.1 Å². The van der Waals surface area contributed by atoms with Gasteiger partial charge in [0, 0.05) is 36.4 Å². The molecule has 0 spiro atoms. The molecular formula is C29H23N5O4. The molecule has 0 unspecified atom stereocenters. The summed E-state index contributed by atoms with van der Waals surface area (Å²) in [6, 6.07) is 24.8. The predicted molar refractivity (Wildman–Crippen MR) is 141 cm³/mol. The number of fused-ring (bicyclic) bond motifs is 1. The first-order chi connectivity index (χ1) is 18.5. The Morgan fingerprint density at radius 3 is 2.08 bits per heavy atom. The Morgan fingerprint density at radius 1 is 0.763 bits per heavy atom. The van der Waals surface area contributed by atoms with Crippen LogP contribution in [0.15, 0.2) is 92.7 Å². The van der Waals surface area contributed by atoms with E-state index in [4.69, 9.17) is 13.8 Å². The minimum Gasteiger partial charge on any atom is -0.489 e. The maximum atomic E-state index is 12.8. The third-order valence-corrected chi connectivity index (χ3v) is 6.13. The third-order valence-electron chi connectivity index (χ3n) is 6.13. The van der Waals surface area contributed by atoms with E-state index in [1.54, 1.807) is 24.5 Å². The summed E-state index contributed by atoms with van der Waals surface area (Å²) in [5.74, 6) is 2.80. The first kappa shape index (κ1) is 23.4. The number of hydrogen-bond donors (Lipinski definition) is 0. The quantitative estimate of drug-likeness (QED) is 0.286. The topological polar surface area (TPSA) is 109 Å². The van der Waals surface area contributed by atoms with Gasteiger partial charge in [-0.1, -0.05) is 46.7 Å². The fourth-order valence-corrected chi connectivity index (χ4v) is 4.33. The summed E-state index contributed by atoms with van der Waals surface area (Å²) in [5.41, 5.74) is 4.37. The average molecular weight is 506 g/mol. The fourth-order valence-electron chi connectivity index (χ4n) is 4.33. The number of nitrogens with zero attached hydrogens (tertiary/aromatic N) is 5. The second-order valence-electron chi connectivity index (χ2n) is 8.94. The highest BCUT2D eigenvalue weighted by Gasteiger charge is 2.10. The molecule has 0 bridgehead atoms. The van der Waals surface area contributed by atoms with Gasteiger partial charge < -0.3 is 18.4 Å². The number of rotatable bonds is 7. The molecule has 188 valence electrons. The van der Waals surface area contributed by atoms with Crippen LogP contribution < -0.4 is 10.3 Å². The summed E-state index contributed by atoms with van der Waals surface area (Å²) in [6.45, 7) is 4.29. The summed E-state index contributed by atoms with van der Waals surface area (Å²) < 4.78 is 18.0. The molecule has 6 rings (SSSR count). The van der Waals surface area contributed by atoms with Crippen molar-refractivity contribution in [2.75, 3.05) is 0 Å². The second-order valence-corrected chi connectivity index (χ2v) is 8.94. The largest absolute Gasteiger partial charge is 0.489 e. The highest BCUT2D eigenvalue weighted by atomic mass is 16.5. The zero-order valence-electron chi connectivity index (χ0n) is 20.8. The zero-order chi connectivity index (χ0) is 26.1. The molecule has 9 heteroatoms. The number of aryl methyl sites for hydroxylation is 2. The van der Waals surface area contributed by atoms with Gasteiger partial charge in [0.15, 0.2) is 0 Å². The Kier molecular flexibility index (Phi) is 6.01. The standard InChI is InChI=1S/C29H23N5O4/c1-18-30-28(32-37-18)23-7-3-5-20(13-23)16-34-26-11-10-25(15-22(26)9-12-27(34)35)36-17-21-6-4-8-24(14-21)29-31-19(2)38-33-29/h3-15H,16-17H2,1-2H3. The first-order valence-corrected chi connectivity index (χ1v) is 12.1. The molecule has 0 radical (unpaired) electrons. The summed E-state index contributed by atoms with van der Waals surface area (Å²) in [6.07, 6.45) is 0. The minimum atomic E-state index is -0.0829. The minimum absolute atomic E-state index is 0.0829. The van der Waals surface area contributed by atoms with E-state index in [1.165, 1.54) is 0 Å². The van der Waals surface area contributed by atoms with Gasteiger partial charge in [-0.15, -0.1) is 0 Å². The van der Waals surface area contributed by atoms with Crippen molar-refractivity contribution in [2.45, 2.75) is 27.0 Å². The van der Waals surface area contributed by atoms with Gasteiger partial charge in [-0.3, -0.25) is 4.79 Å². The van der Waals surface area contributed by atoms with E-state index in [0.29, 0.717) is 42.3 Å². The normalized spacial score (nSPS) is 11.2. The Labute approximate surface area is 217 Å². The lowest BCUT2D eigenvalue weighted by Gasteiger charge is -2.13. The molecule has 0 aliphatic rings. The van der Waals surface area contributed by atoms with Gasteiger partial charge >= 0.3 is 0 Å². The van der Waals surface area contributed by atoms with Gasteiger partial charge in [0.25, 0.3) is 5.56 Å². The molecule has 0 fully saturated rings. The number of ether oxygens (including phenoxy) is 1. The smallest absolute Gasteiger partial charge is 0.251 e. The van der Waals surface area contributed by atoms with Gasteiger partial charge in [-0.05, 0) is 47.5 Å². The van der Waals surface area contributed by atoms with Crippen LogP contribution in [-0.4, -0.2) is 24.8 Å². The van der Waals surface area contributed by atoms with Crippen molar-refractivity contribution in [3.05, 3.63) is 112 Å². The lowest BCUT2D eigenvalue weighted by atomic mass is 10.1. The molecule has 0 aliphatic carbocycles. The molecule has 38 heavy (non-hydrogen) atoms. The number of hydrogen-bond acceptors (Lipinski definition) is 8. The van der Waals surface area contributed by atoms with Gasteiger partial charge in [0.2, 0.25) is 23.4 Å². The SMILES string of the molecule is Cc1nc(-c2cccc(COc3ccc4c(ccc(=O)n4Cc4cccc(-c5noc(C)n5)c4)c3)c2)no1. The zero-order valence-corrected chi connectivity index (χ0v) is 20.8. The molecule has 0 amide bonds. The van der Waals surface area contributed by atoms with Crippen LogP contribution in [0.4, 0.5) is 0 Å². The Balaban J connectivity index is 1.23. The van der Waals surface area contributed by atoms with E-state index in [1.807, 2.05) is 72.8 Å². The van der Waals surface area contributed by atoms with Crippen LogP contribution in [0.1, 0.15) is 22.9 Å². The van der Waals surface area contributed by atoms with E-state index in [0.717, 1.165) is 33.2 Å². The maximum Gasteiger partial charge on any atom is 0.251 e.